The summed E-state index contributed by atoms with van der Waals surface area (Å²) < 4.78 is 33.1. The molecule has 0 radical (unpaired) electrons. The number of nitrogens with zero attached hydrogens (tertiary/aromatic N) is 1. The van der Waals surface area contributed by atoms with E-state index in [2.05, 4.69) is 20.3 Å². The summed E-state index contributed by atoms with van der Waals surface area (Å²) in [5, 5.41) is 5.10. The smallest absolute Gasteiger partial charge is 0.261 e. The molecule has 2 amide bonds. The maximum absolute atomic E-state index is 12.8. The second-order valence-electron chi connectivity index (χ2n) is 6.78. The van der Waals surface area contributed by atoms with Crippen molar-refractivity contribution in [3.05, 3.63) is 78.1 Å². The Kier molecular flexibility index (Phi) is 7.06. The second-order valence-corrected chi connectivity index (χ2v) is 8.47. The van der Waals surface area contributed by atoms with Crippen LogP contribution in [0.2, 0.25) is 0 Å². The molecule has 0 fully saturated rings. The zero-order valence-electron chi connectivity index (χ0n) is 17.5. The minimum Gasteiger partial charge on any atom is -0.497 e. The fraction of sp³-hybridized carbons (Fsp3) is 0.136. The first-order valence-corrected chi connectivity index (χ1v) is 11.0. The van der Waals surface area contributed by atoms with Crippen LogP contribution in [0.3, 0.4) is 0 Å². The van der Waals surface area contributed by atoms with Crippen LogP contribution in [0, 0.1) is 6.92 Å². The van der Waals surface area contributed by atoms with Crippen molar-refractivity contribution < 1.29 is 22.7 Å². The Bertz CT molecular complexity index is 1210. The Morgan fingerprint density at radius 1 is 1.03 bits per heavy atom. The first kappa shape index (κ1) is 22.8. The first-order chi connectivity index (χ1) is 15.3. The largest absolute Gasteiger partial charge is 0.497 e. The molecule has 0 aliphatic rings. The summed E-state index contributed by atoms with van der Waals surface area (Å²) in [5.74, 6) is -0.408. The molecule has 166 valence electrons. The van der Waals surface area contributed by atoms with Crippen molar-refractivity contribution in [1.82, 2.24) is 10.3 Å². The number of benzene rings is 2. The number of pyridine rings is 1. The van der Waals surface area contributed by atoms with Crippen molar-refractivity contribution >= 4 is 33.2 Å². The molecule has 0 aliphatic heterocycles. The summed E-state index contributed by atoms with van der Waals surface area (Å²) in [6.45, 7) is 1.40. The van der Waals surface area contributed by atoms with Crippen molar-refractivity contribution in [3.8, 4) is 5.75 Å². The number of carbonyl (C=O) groups is 2. The molecule has 0 aliphatic carbocycles. The average Bonchev–Trinajstić information content (AvgIpc) is 2.78. The van der Waals surface area contributed by atoms with E-state index in [1.165, 1.54) is 31.5 Å². The van der Waals surface area contributed by atoms with E-state index in [9.17, 15) is 18.0 Å². The number of carbonyl (C=O) groups excluding carboxylic acids is 2. The molecule has 0 spiro atoms. The van der Waals surface area contributed by atoms with Crippen molar-refractivity contribution in [3.63, 3.8) is 0 Å². The van der Waals surface area contributed by atoms with E-state index in [0.717, 1.165) is 0 Å². The fourth-order valence-corrected chi connectivity index (χ4v) is 3.87. The molecule has 3 rings (SSSR count). The van der Waals surface area contributed by atoms with Gasteiger partial charge in [0.05, 0.1) is 30.4 Å². The number of hydrogen-bond acceptors (Lipinski definition) is 6. The van der Waals surface area contributed by atoms with Crippen LogP contribution in [0.25, 0.3) is 0 Å². The van der Waals surface area contributed by atoms with Gasteiger partial charge in [-0.3, -0.25) is 19.3 Å². The first-order valence-electron chi connectivity index (χ1n) is 9.54. The zero-order valence-corrected chi connectivity index (χ0v) is 18.3. The number of aryl methyl sites for hydroxylation is 1. The third-order valence-electron chi connectivity index (χ3n) is 4.46. The molecule has 1 heterocycles. The summed E-state index contributed by atoms with van der Waals surface area (Å²) in [6, 6.07) is 13.9. The van der Waals surface area contributed by atoms with Crippen LogP contribution < -0.4 is 20.1 Å². The van der Waals surface area contributed by atoms with Crippen molar-refractivity contribution in [2.45, 2.75) is 11.8 Å². The second kappa shape index (κ2) is 9.92. The molecular weight excluding hydrogens is 432 g/mol. The number of methoxy groups -OCH3 is 1. The highest BCUT2D eigenvalue weighted by Gasteiger charge is 2.19. The minimum atomic E-state index is -3.93. The summed E-state index contributed by atoms with van der Waals surface area (Å²) in [7, 11) is -2.42. The lowest BCUT2D eigenvalue weighted by atomic mass is 10.1. The molecule has 2 aromatic carbocycles. The number of aromatic nitrogens is 1. The van der Waals surface area contributed by atoms with Gasteiger partial charge < -0.3 is 15.4 Å². The normalized spacial score (nSPS) is 10.8. The molecule has 3 aromatic rings. The zero-order chi connectivity index (χ0) is 23.1. The van der Waals surface area contributed by atoms with Gasteiger partial charge in [-0.2, -0.15) is 0 Å². The highest BCUT2D eigenvalue weighted by atomic mass is 32.2. The Morgan fingerprint density at radius 3 is 2.44 bits per heavy atom. The van der Waals surface area contributed by atoms with Gasteiger partial charge >= 0.3 is 0 Å². The molecular formula is C22H22N4O5S. The Morgan fingerprint density at radius 2 is 1.78 bits per heavy atom. The maximum atomic E-state index is 12.8. The molecule has 9 nitrogen and oxygen atoms in total. The predicted octanol–water partition coefficient (Wildman–Crippen LogP) is 2.57. The lowest BCUT2D eigenvalue weighted by Crippen LogP contribution is -2.33. The van der Waals surface area contributed by atoms with Crippen LogP contribution >= 0.6 is 0 Å². The molecule has 0 bridgehead atoms. The van der Waals surface area contributed by atoms with E-state index >= 15 is 0 Å². The number of ether oxygens (including phenoxy) is 1. The van der Waals surface area contributed by atoms with E-state index in [0.29, 0.717) is 22.7 Å². The lowest BCUT2D eigenvalue weighted by molar-refractivity contribution is -0.115. The van der Waals surface area contributed by atoms with Gasteiger partial charge in [-0.1, -0.05) is 6.07 Å². The van der Waals surface area contributed by atoms with Crippen LogP contribution in [0.5, 0.6) is 5.75 Å². The monoisotopic (exact) mass is 454 g/mol. The van der Waals surface area contributed by atoms with Crippen LogP contribution in [0.1, 0.15) is 15.9 Å². The van der Waals surface area contributed by atoms with Gasteiger partial charge in [-0.15, -0.1) is 0 Å². The maximum Gasteiger partial charge on any atom is 0.261 e. The van der Waals surface area contributed by atoms with Crippen molar-refractivity contribution in [2.24, 2.45) is 0 Å². The van der Waals surface area contributed by atoms with Crippen LogP contribution in [-0.2, 0) is 14.8 Å². The summed E-state index contributed by atoms with van der Waals surface area (Å²) in [5.41, 5.74) is 1.57. The van der Waals surface area contributed by atoms with Gasteiger partial charge in [0.1, 0.15) is 5.75 Å². The number of nitrogens with one attached hydrogen (secondary N) is 3. The van der Waals surface area contributed by atoms with Gasteiger partial charge in [0.15, 0.2) is 0 Å². The Hall–Kier alpha value is -3.92. The highest BCUT2D eigenvalue weighted by molar-refractivity contribution is 7.92. The number of sulfonamides is 1. The van der Waals surface area contributed by atoms with Gasteiger partial charge in [0.25, 0.3) is 15.9 Å². The van der Waals surface area contributed by atoms with Gasteiger partial charge in [-0.05, 0) is 61.0 Å². The molecule has 10 heteroatoms. The van der Waals surface area contributed by atoms with Gasteiger partial charge in [-0.25, -0.2) is 8.42 Å². The molecule has 3 N–H and O–H groups in total. The number of amides is 2. The molecule has 1 aromatic heterocycles. The van der Waals surface area contributed by atoms with E-state index in [4.69, 9.17) is 4.74 Å². The molecule has 0 atom stereocenters. The molecule has 0 saturated carbocycles. The highest BCUT2D eigenvalue weighted by Crippen LogP contribution is 2.21. The summed E-state index contributed by atoms with van der Waals surface area (Å²) in [4.78, 5) is 28.5. The third-order valence-corrected chi connectivity index (χ3v) is 5.84. The molecule has 0 unspecified atom stereocenters. The third kappa shape index (κ3) is 5.82. The Balaban J connectivity index is 1.69. The Labute approximate surface area is 185 Å². The van der Waals surface area contributed by atoms with Crippen LogP contribution in [0.15, 0.2) is 71.9 Å². The average molecular weight is 455 g/mol. The quantitative estimate of drug-likeness (QED) is 0.480. The standard InChI is InChI=1S/C22H22N4O5S/c1-15-5-10-19(32(29,30)26-16-6-8-18(31-2)9-7-16)12-20(15)22(28)24-14-21(27)25-17-4-3-11-23-13-17/h3-13,26H,14H2,1-2H3,(H,24,28)(H,25,27). The van der Waals surface area contributed by atoms with E-state index in [1.54, 1.807) is 49.5 Å². The van der Waals surface area contributed by atoms with E-state index in [1.807, 2.05) is 0 Å². The van der Waals surface area contributed by atoms with Crippen molar-refractivity contribution in [1.29, 1.82) is 0 Å². The summed E-state index contributed by atoms with van der Waals surface area (Å²) >= 11 is 0. The van der Waals surface area contributed by atoms with Gasteiger partial charge in [0, 0.05) is 17.4 Å². The SMILES string of the molecule is COc1ccc(NS(=O)(=O)c2ccc(C)c(C(=O)NCC(=O)Nc3cccnc3)c2)cc1. The fourth-order valence-electron chi connectivity index (χ4n) is 2.78. The molecule has 0 saturated heterocycles. The molecule has 32 heavy (non-hydrogen) atoms. The van der Waals surface area contributed by atoms with E-state index in [-0.39, 0.29) is 17.0 Å². The lowest BCUT2D eigenvalue weighted by Gasteiger charge is -2.12. The van der Waals surface area contributed by atoms with Crippen molar-refractivity contribution in [2.75, 3.05) is 23.7 Å². The summed E-state index contributed by atoms with van der Waals surface area (Å²) in [6.07, 6.45) is 3.05. The number of hydrogen-bond donors (Lipinski definition) is 3. The van der Waals surface area contributed by atoms with Crippen LogP contribution in [0.4, 0.5) is 11.4 Å². The minimum absolute atomic E-state index is 0.0797. The van der Waals surface area contributed by atoms with E-state index < -0.39 is 21.8 Å². The number of rotatable bonds is 8. The number of anilines is 2. The topological polar surface area (TPSA) is 126 Å². The van der Waals surface area contributed by atoms with Crippen LogP contribution in [-0.4, -0.2) is 38.9 Å². The predicted molar refractivity (Wildman–Crippen MR) is 120 cm³/mol. The van der Waals surface area contributed by atoms with Gasteiger partial charge in [0.2, 0.25) is 5.91 Å².